The van der Waals surface area contributed by atoms with Crippen LogP contribution in [0.15, 0.2) is 22.7 Å². The Labute approximate surface area is 103 Å². The lowest BCUT2D eigenvalue weighted by Gasteiger charge is -2.26. The highest BCUT2D eigenvalue weighted by atomic mass is 79.9. The second-order valence-corrected chi connectivity index (χ2v) is 5.19. The van der Waals surface area contributed by atoms with Gasteiger partial charge in [0, 0.05) is 22.1 Å². The van der Waals surface area contributed by atoms with Crippen LogP contribution in [-0.4, -0.2) is 17.7 Å². The van der Waals surface area contributed by atoms with Gasteiger partial charge in [-0.1, -0.05) is 35.8 Å². The molecule has 0 fully saturated rings. The van der Waals surface area contributed by atoms with Crippen LogP contribution < -0.4 is 11.1 Å². The highest BCUT2D eigenvalue weighted by Gasteiger charge is 2.23. The molecule has 0 atom stereocenters. The molecule has 0 aliphatic heterocycles. The van der Waals surface area contributed by atoms with Gasteiger partial charge in [-0.25, -0.2) is 4.79 Å². The molecular weight excluding hydrogens is 272 g/mol. The smallest absolute Gasteiger partial charge is 0.404 e. The van der Waals surface area contributed by atoms with Crippen molar-refractivity contribution in [3.63, 3.8) is 0 Å². The molecule has 0 aliphatic rings. The monoisotopic (exact) mass is 286 g/mol. The number of anilines is 1. The zero-order valence-electron chi connectivity index (χ0n) is 9.25. The summed E-state index contributed by atoms with van der Waals surface area (Å²) in [5, 5.41) is 11.0. The van der Waals surface area contributed by atoms with Gasteiger partial charge in [0.2, 0.25) is 0 Å². The van der Waals surface area contributed by atoms with Gasteiger partial charge in [-0.05, 0) is 17.7 Å². The summed E-state index contributed by atoms with van der Waals surface area (Å²) in [6.07, 6.45) is -1.02. The largest absolute Gasteiger partial charge is 0.465 e. The molecule has 0 saturated carbocycles. The van der Waals surface area contributed by atoms with E-state index in [0.717, 1.165) is 10.0 Å². The summed E-state index contributed by atoms with van der Waals surface area (Å²) < 4.78 is 0.913. The first-order valence-electron chi connectivity index (χ1n) is 4.85. The van der Waals surface area contributed by atoms with E-state index in [2.05, 4.69) is 21.2 Å². The number of rotatable bonds is 3. The zero-order valence-corrected chi connectivity index (χ0v) is 10.8. The summed E-state index contributed by atoms with van der Waals surface area (Å²) >= 11 is 3.34. The van der Waals surface area contributed by atoms with Crippen molar-refractivity contribution in [2.45, 2.75) is 19.3 Å². The van der Waals surface area contributed by atoms with Crippen LogP contribution in [0.5, 0.6) is 0 Å². The number of carboxylic acid groups (broad SMARTS) is 1. The molecule has 88 valence electrons. The number of hydrogen-bond donors (Lipinski definition) is 3. The van der Waals surface area contributed by atoms with Gasteiger partial charge in [0.05, 0.1) is 0 Å². The Balaban J connectivity index is 2.92. The van der Waals surface area contributed by atoms with Crippen molar-refractivity contribution in [3.8, 4) is 0 Å². The standard InChI is InChI=1S/C11H15BrN2O2/c1-11(2,6-14-10(15)16)8-4-3-7(12)5-9(8)13/h3-5,14H,6,13H2,1-2H3,(H,15,16). The fraction of sp³-hybridized carbons (Fsp3) is 0.364. The molecule has 0 aromatic heterocycles. The minimum Gasteiger partial charge on any atom is -0.465 e. The summed E-state index contributed by atoms with van der Waals surface area (Å²) in [7, 11) is 0. The van der Waals surface area contributed by atoms with Crippen molar-refractivity contribution in [2.75, 3.05) is 12.3 Å². The van der Waals surface area contributed by atoms with Crippen molar-refractivity contribution >= 4 is 27.7 Å². The number of carbonyl (C=O) groups is 1. The lowest BCUT2D eigenvalue weighted by atomic mass is 9.83. The van der Waals surface area contributed by atoms with Crippen LogP contribution in [0.3, 0.4) is 0 Å². The van der Waals surface area contributed by atoms with Crippen LogP contribution >= 0.6 is 15.9 Å². The second kappa shape index (κ2) is 4.74. The molecule has 0 heterocycles. The third-order valence-electron chi connectivity index (χ3n) is 2.42. The van der Waals surface area contributed by atoms with E-state index in [0.29, 0.717) is 12.2 Å². The number of benzene rings is 1. The van der Waals surface area contributed by atoms with Crippen LogP contribution in [0.1, 0.15) is 19.4 Å². The van der Waals surface area contributed by atoms with Gasteiger partial charge in [0.1, 0.15) is 0 Å². The van der Waals surface area contributed by atoms with Crippen LogP contribution in [0, 0.1) is 0 Å². The predicted molar refractivity (Wildman–Crippen MR) is 67.6 cm³/mol. The van der Waals surface area contributed by atoms with E-state index < -0.39 is 6.09 Å². The fourth-order valence-electron chi connectivity index (χ4n) is 1.54. The molecule has 1 aromatic rings. The van der Waals surface area contributed by atoms with E-state index in [1.807, 2.05) is 32.0 Å². The van der Waals surface area contributed by atoms with Crippen molar-refractivity contribution in [3.05, 3.63) is 28.2 Å². The maximum Gasteiger partial charge on any atom is 0.404 e. The number of amides is 1. The van der Waals surface area contributed by atoms with Crippen LogP contribution in [0.2, 0.25) is 0 Å². The summed E-state index contributed by atoms with van der Waals surface area (Å²) in [5.74, 6) is 0. The molecule has 0 unspecified atom stereocenters. The highest BCUT2D eigenvalue weighted by molar-refractivity contribution is 9.10. The molecule has 4 nitrogen and oxygen atoms in total. The Morgan fingerprint density at radius 2 is 2.19 bits per heavy atom. The summed E-state index contributed by atoms with van der Waals surface area (Å²) in [4.78, 5) is 10.5. The molecule has 16 heavy (non-hydrogen) atoms. The van der Waals surface area contributed by atoms with Crippen LogP contribution in [-0.2, 0) is 5.41 Å². The van der Waals surface area contributed by atoms with E-state index in [1.54, 1.807) is 0 Å². The Kier molecular flexibility index (Phi) is 3.80. The highest BCUT2D eigenvalue weighted by Crippen LogP contribution is 2.29. The van der Waals surface area contributed by atoms with Gasteiger partial charge in [-0.3, -0.25) is 0 Å². The molecule has 0 saturated heterocycles. The number of nitrogens with one attached hydrogen (secondary N) is 1. The molecule has 0 spiro atoms. The van der Waals surface area contributed by atoms with Gasteiger partial charge in [-0.15, -0.1) is 0 Å². The van der Waals surface area contributed by atoms with Crippen molar-refractivity contribution < 1.29 is 9.90 Å². The Hall–Kier alpha value is -1.23. The molecule has 1 rings (SSSR count). The molecule has 5 heteroatoms. The van der Waals surface area contributed by atoms with Crippen molar-refractivity contribution in [1.82, 2.24) is 5.32 Å². The summed E-state index contributed by atoms with van der Waals surface area (Å²) in [5.41, 5.74) is 7.17. The Morgan fingerprint density at radius 3 is 2.69 bits per heavy atom. The minimum atomic E-state index is -1.02. The quantitative estimate of drug-likeness (QED) is 0.748. The van der Waals surface area contributed by atoms with Gasteiger partial charge >= 0.3 is 6.09 Å². The summed E-state index contributed by atoms with van der Waals surface area (Å²) in [6.45, 7) is 4.22. The Bertz CT molecular complexity index is 405. The number of nitrogens with two attached hydrogens (primary N) is 1. The number of nitrogen functional groups attached to an aromatic ring is 1. The van der Waals surface area contributed by atoms with E-state index in [1.165, 1.54) is 0 Å². The normalized spacial score (nSPS) is 11.2. The van der Waals surface area contributed by atoms with Crippen molar-refractivity contribution in [2.24, 2.45) is 0 Å². The molecule has 1 aromatic carbocycles. The van der Waals surface area contributed by atoms with Gasteiger partial charge in [-0.2, -0.15) is 0 Å². The number of hydrogen-bond acceptors (Lipinski definition) is 2. The first kappa shape index (κ1) is 12.8. The van der Waals surface area contributed by atoms with E-state index in [9.17, 15) is 4.79 Å². The van der Waals surface area contributed by atoms with Gasteiger partial charge < -0.3 is 16.2 Å². The average Bonchev–Trinajstić information content (AvgIpc) is 2.14. The van der Waals surface area contributed by atoms with E-state index >= 15 is 0 Å². The summed E-state index contributed by atoms with van der Waals surface area (Å²) in [6, 6.07) is 5.62. The topological polar surface area (TPSA) is 75.3 Å². The predicted octanol–water partition coefficient (Wildman–Crippen LogP) is 2.58. The second-order valence-electron chi connectivity index (χ2n) is 4.27. The van der Waals surface area contributed by atoms with Gasteiger partial charge in [0.25, 0.3) is 0 Å². The first-order valence-corrected chi connectivity index (χ1v) is 5.64. The van der Waals surface area contributed by atoms with E-state index in [4.69, 9.17) is 10.8 Å². The third kappa shape index (κ3) is 3.13. The molecule has 1 amide bonds. The average molecular weight is 287 g/mol. The SMILES string of the molecule is CC(C)(CNC(=O)O)c1ccc(Br)cc1N. The molecule has 4 N–H and O–H groups in total. The fourth-order valence-corrected chi connectivity index (χ4v) is 1.92. The third-order valence-corrected chi connectivity index (χ3v) is 2.92. The van der Waals surface area contributed by atoms with Crippen LogP contribution in [0.4, 0.5) is 10.5 Å². The maximum absolute atomic E-state index is 10.5. The Morgan fingerprint density at radius 1 is 1.56 bits per heavy atom. The first-order chi connectivity index (χ1) is 7.33. The van der Waals surface area contributed by atoms with Gasteiger partial charge in [0.15, 0.2) is 0 Å². The minimum absolute atomic E-state index is 0.328. The maximum atomic E-state index is 10.5. The molecule has 0 aliphatic carbocycles. The van der Waals surface area contributed by atoms with Crippen molar-refractivity contribution in [1.29, 1.82) is 0 Å². The molecule has 0 bridgehead atoms. The molecule has 0 radical (unpaired) electrons. The lowest BCUT2D eigenvalue weighted by molar-refractivity contribution is 0.192. The lowest BCUT2D eigenvalue weighted by Crippen LogP contribution is -2.36. The zero-order chi connectivity index (χ0) is 12.3. The molecular formula is C11H15BrN2O2. The van der Waals surface area contributed by atoms with E-state index in [-0.39, 0.29) is 5.41 Å². The van der Waals surface area contributed by atoms with Crippen LogP contribution in [0.25, 0.3) is 0 Å². The number of halogens is 1.